The van der Waals surface area contributed by atoms with Gasteiger partial charge in [0, 0.05) is 6.42 Å². The molecule has 2 nitrogen and oxygen atoms in total. The molecule has 1 unspecified atom stereocenters. The van der Waals surface area contributed by atoms with E-state index in [4.69, 9.17) is 4.74 Å². The molecular weight excluding hydrogens is 255 g/mol. The molecule has 0 saturated carbocycles. The van der Waals surface area contributed by atoms with Crippen LogP contribution in [0.15, 0.2) is 42.5 Å². The highest BCUT2D eigenvalue weighted by molar-refractivity contribution is 5.35. The molecule has 0 amide bonds. The second-order valence-electron chi connectivity index (χ2n) is 5.23. The standard InChI is InChI=1S/C17H19FO2/c1-12-6-4-5-7-14(12)17(2,19)11-13-8-9-16(20-3)15(18)10-13/h4-10,19H,11H2,1-3H3. The Hall–Kier alpha value is -1.87. The summed E-state index contributed by atoms with van der Waals surface area (Å²) >= 11 is 0. The van der Waals surface area contributed by atoms with E-state index in [0.717, 1.165) is 16.7 Å². The first-order valence-electron chi connectivity index (χ1n) is 6.55. The Bertz CT molecular complexity index is 606. The van der Waals surface area contributed by atoms with Crippen molar-refractivity contribution in [2.75, 3.05) is 7.11 Å². The average molecular weight is 274 g/mol. The van der Waals surface area contributed by atoms with Crippen molar-refractivity contribution in [3.8, 4) is 5.75 Å². The lowest BCUT2D eigenvalue weighted by Gasteiger charge is -2.26. The lowest BCUT2D eigenvalue weighted by Crippen LogP contribution is -2.25. The number of ether oxygens (including phenoxy) is 1. The highest BCUT2D eigenvalue weighted by atomic mass is 19.1. The summed E-state index contributed by atoms with van der Waals surface area (Å²) < 4.78 is 18.6. The lowest BCUT2D eigenvalue weighted by molar-refractivity contribution is 0.0569. The molecule has 2 aromatic rings. The number of halogens is 1. The van der Waals surface area contributed by atoms with Crippen LogP contribution in [0.1, 0.15) is 23.6 Å². The van der Waals surface area contributed by atoms with Gasteiger partial charge in [-0.15, -0.1) is 0 Å². The van der Waals surface area contributed by atoms with Crippen LogP contribution in [-0.2, 0) is 12.0 Å². The maximum absolute atomic E-state index is 13.7. The Morgan fingerprint density at radius 3 is 2.50 bits per heavy atom. The molecule has 3 heteroatoms. The lowest BCUT2D eigenvalue weighted by atomic mass is 9.86. The molecule has 0 radical (unpaired) electrons. The van der Waals surface area contributed by atoms with Crippen molar-refractivity contribution in [3.63, 3.8) is 0 Å². The first-order chi connectivity index (χ1) is 9.44. The fraction of sp³-hybridized carbons (Fsp3) is 0.294. The highest BCUT2D eigenvalue weighted by Gasteiger charge is 2.25. The van der Waals surface area contributed by atoms with Gasteiger partial charge in [0.05, 0.1) is 12.7 Å². The van der Waals surface area contributed by atoms with Gasteiger partial charge in [-0.3, -0.25) is 0 Å². The molecule has 106 valence electrons. The van der Waals surface area contributed by atoms with Crippen LogP contribution in [0.4, 0.5) is 4.39 Å². The molecule has 0 spiro atoms. The summed E-state index contributed by atoms with van der Waals surface area (Å²) in [7, 11) is 1.43. The Morgan fingerprint density at radius 2 is 1.90 bits per heavy atom. The molecule has 0 saturated heterocycles. The fourth-order valence-corrected chi connectivity index (χ4v) is 2.49. The molecule has 0 heterocycles. The molecule has 2 rings (SSSR count). The third kappa shape index (κ3) is 2.99. The van der Waals surface area contributed by atoms with Crippen LogP contribution in [0.5, 0.6) is 5.75 Å². The molecule has 0 aliphatic rings. The second-order valence-corrected chi connectivity index (χ2v) is 5.23. The second kappa shape index (κ2) is 5.63. The minimum atomic E-state index is -1.04. The van der Waals surface area contributed by atoms with E-state index in [2.05, 4.69) is 0 Å². The molecule has 0 aliphatic heterocycles. The third-order valence-electron chi connectivity index (χ3n) is 3.49. The van der Waals surface area contributed by atoms with E-state index in [-0.39, 0.29) is 5.75 Å². The molecule has 0 aliphatic carbocycles. The summed E-state index contributed by atoms with van der Waals surface area (Å²) in [6.07, 6.45) is 0.346. The Balaban J connectivity index is 2.28. The number of hydrogen-bond acceptors (Lipinski definition) is 2. The number of rotatable bonds is 4. The van der Waals surface area contributed by atoms with Crippen molar-refractivity contribution >= 4 is 0 Å². The summed E-state index contributed by atoms with van der Waals surface area (Å²) in [5, 5.41) is 10.7. The molecule has 0 aromatic heterocycles. The van der Waals surface area contributed by atoms with E-state index in [0.29, 0.717) is 6.42 Å². The van der Waals surface area contributed by atoms with E-state index in [9.17, 15) is 9.50 Å². The van der Waals surface area contributed by atoms with Crippen LogP contribution in [0.2, 0.25) is 0 Å². The van der Waals surface area contributed by atoms with Crippen molar-refractivity contribution in [3.05, 3.63) is 65.0 Å². The quantitative estimate of drug-likeness (QED) is 0.923. The fourth-order valence-electron chi connectivity index (χ4n) is 2.49. The van der Waals surface area contributed by atoms with Crippen LogP contribution in [0.3, 0.4) is 0 Å². The zero-order valence-electron chi connectivity index (χ0n) is 12.0. The van der Waals surface area contributed by atoms with Gasteiger partial charge in [0.2, 0.25) is 0 Å². The van der Waals surface area contributed by atoms with Gasteiger partial charge in [0.25, 0.3) is 0 Å². The Kier molecular flexibility index (Phi) is 4.09. The monoisotopic (exact) mass is 274 g/mol. The van der Waals surface area contributed by atoms with Crippen molar-refractivity contribution < 1.29 is 14.2 Å². The Labute approximate surface area is 118 Å². The SMILES string of the molecule is COc1ccc(CC(C)(O)c2ccccc2C)cc1F. The van der Waals surface area contributed by atoms with Gasteiger partial charge in [0.1, 0.15) is 0 Å². The van der Waals surface area contributed by atoms with Crippen molar-refractivity contribution in [1.82, 2.24) is 0 Å². The smallest absolute Gasteiger partial charge is 0.165 e. The van der Waals surface area contributed by atoms with E-state index < -0.39 is 11.4 Å². The average Bonchev–Trinajstić information content (AvgIpc) is 2.38. The number of hydrogen-bond donors (Lipinski definition) is 1. The topological polar surface area (TPSA) is 29.5 Å². The van der Waals surface area contributed by atoms with Gasteiger partial charge in [-0.1, -0.05) is 30.3 Å². The number of methoxy groups -OCH3 is 1. The predicted octanol–water partition coefficient (Wildman–Crippen LogP) is 3.59. The maximum Gasteiger partial charge on any atom is 0.165 e. The van der Waals surface area contributed by atoms with Crippen LogP contribution in [0, 0.1) is 12.7 Å². The van der Waals surface area contributed by atoms with Gasteiger partial charge >= 0.3 is 0 Å². The van der Waals surface area contributed by atoms with Crippen molar-refractivity contribution in [1.29, 1.82) is 0 Å². The minimum Gasteiger partial charge on any atom is -0.494 e. The molecule has 2 aromatic carbocycles. The zero-order valence-corrected chi connectivity index (χ0v) is 12.0. The predicted molar refractivity (Wildman–Crippen MR) is 77.4 cm³/mol. The molecule has 20 heavy (non-hydrogen) atoms. The van der Waals surface area contributed by atoms with Gasteiger partial charge < -0.3 is 9.84 Å². The zero-order chi connectivity index (χ0) is 14.8. The number of aliphatic hydroxyl groups is 1. The largest absolute Gasteiger partial charge is 0.494 e. The summed E-state index contributed by atoms with van der Waals surface area (Å²) in [6.45, 7) is 3.70. The summed E-state index contributed by atoms with van der Waals surface area (Å²) in [4.78, 5) is 0. The van der Waals surface area contributed by atoms with Gasteiger partial charge in [-0.25, -0.2) is 4.39 Å². The first-order valence-corrected chi connectivity index (χ1v) is 6.55. The molecule has 0 fully saturated rings. The number of benzene rings is 2. The van der Waals surface area contributed by atoms with Crippen LogP contribution >= 0.6 is 0 Å². The minimum absolute atomic E-state index is 0.212. The third-order valence-corrected chi connectivity index (χ3v) is 3.49. The van der Waals surface area contributed by atoms with Crippen LogP contribution in [0.25, 0.3) is 0 Å². The van der Waals surface area contributed by atoms with Crippen molar-refractivity contribution in [2.45, 2.75) is 25.9 Å². The molecule has 1 atom stereocenters. The summed E-state index contributed by atoms with van der Waals surface area (Å²) in [6, 6.07) is 12.4. The summed E-state index contributed by atoms with van der Waals surface area (Å²) in [5.74, 6) is -0.199. The maximum atomic E-state index is 13.7. The van der Waals surface area contributed by atoms with E-state index in [1.54, 1.807) is 19.1 Å². The van der Waals surface area contributed by atoms with E-state index >= 15 is 0 Å². The summed E-state index contributed by atoms with van der Waals surface area (Å²) in [5.41, 5.74) is 1.58. The normalized spacial score (nSPS) is 13.8. The van der Waals surface area contributed by atoms with Crippen molar-refractivity contribution in [2.24, 2.45) is 0 Å². The van der Waals surface area contributed by atoms with Crippen LogP contribution < -0.4 is 4.74 Å². The van der Waals surface area contributed by atoms with Gasteiger partial charge in [-0.05, 0) is 42.7 Å². The molecule has 0 bridgehead atoms. The molecular formula is C17H19FO2. The Morgan fingerprint density at radius 1 is 1.20 bits per heavy atom. The number of aryl methyl sites for hydroxylation is 1. The van der Waals surface area contributed by atoms with E-state index in [1.807, 2.05) is 31.2 Å². The molecule has 1 N–H and O–H groups in total. The van der Waals surface area contributed by atoms with E-state index in [1.165, 1.54) is 13.2 Å². The van der Waals surface area contributed by atoms with Gasteiger partial charge in [0.15, 0.2) is 11.6 Å². The first kappa shape index (κ1) is 14.5. The van der Waals surface area contributed by atoms with Gasteiger partial charge in [-0.2, -0.15) is 0 Å². The van der Waals surface area contributed by atoms with Crippen LogP contribution in [-0.4, -0.2) is 12.2 Å². The highest BCUT2D eigenvalue weighted by Crippen LogP contribution is 2.29.